The fraction of sp³-hybridized carbons (Fsp3) is 0.120. The number of carbonyl (C=O) groups is 2. The van der Waals surface area contributed by atoms with Gasteiger partial charge in [-0.25, -0.2) is 4.79 Å². The summed E-state index contributed by atoms with van der Waals surface area (Å²) in [5.41, 5.74) is 8.81. The molecule has 7 nitrogen and oxygen atoms in total. The molecule has 0 fully saturated rings. The fourth-order valence-electron chi connectivity index (χ4n) is 3.02. The van der Waals surface area contributed by atoms with Crippen LogP contribution in [0.4, 0.5) is 0 Å². The van der Waals surface area contributed by atoms with Crippen molar-refractivity contribution in [3.63, 3.8) is 0 Å². The van der Waals surface area contributed by atoms with E-state index in [1.165, 1.54) is 13.0 Å². The van der Waals surface area contributed by atoms with Gasteiger partial charge in [0.25, 0.3) is 0 Å². The minimum absolute atomic E-state index is 0.0856. The summed E-state index contributed by atoms with van der Waals surface area (Å²) in [6, 6.07) is 21.3. The highest BCUT2D eigenvalue weighted by molar-refractivity contribution is 6.01. The van der Waals surface area contributed by atoms with E-state index in [9.17, 15) is 9.59 Å². The molecule has 0 bridgehead atoms. The number of nitrogens with two attached hydrogens (primary N) is 1. The van der Waals surface area contributed by atoms with Gasteiger partial charge in [0.15, 0.2) is 6.61 Å². The van der Waals surface area contributed by atoms with Crippen LogP contribution in [0.25, 0.3) is 17.3 Å². The van der Waals surface area contributed by atoms with Gasteiger partial charge < -0.3 is 10.5 Å². The lowest BCUT2D eigenvalue weighted by atomic mass is 10.1. The molecular formula is C25H22N4O3. The van der Waals surface area contributed by atoms with Crippen molar-refractivity contribution in [3.05, 3.63) is 95.3 Å². The van der Waals surface area contributed by atoms with E-state index in [2.05, 4.69) is 5.10 Å². The molecule has 32 heavy (non-hydrogen) atoms. The van der Waals surface area contributed by atoms with E-state index in [1.807, 2.05) is 66.9 Å². The van der Waals surface area contributed by atoms with Gasteiger partial charge in [0.05, 0.1) is 12.2 Å². The Kier molecular flexibility index (Phi) is 7.33. The molecule has 0 aliphatic heterocycles. The molecule has 0 amide bonds. The molecule has 0 atom stereocenters. The molecule has 0 saturated heterocycles. The number of nitrogens with zero attached hydrogens (tertiary/aromatic N) is 3. The van der Waals surface area contributed by atoms with Crippen molar-refractivity contribution in [1.82, 2.24) is 9.78 Å². The maximum absolute atomic E-state index is 12.1. The molecule has 2 N–H and O–H groups in total. The van der Waals surface area contributed by atoms with Crippen LogP contribution in [0.3, 0.4) is 0 Å². The summed E-state index contributed by atoms with van der Waals surface area (Å²) in [7, 11) is 0. The summed E-state index contributed by atoms with van der Waals surface area (Å²) in [5, 5.41) is 13.6. The minimum atomic E-state index is -0.708. The normalized spacial score (nSPS) is 11.6. The second-order valence-corrected chi connectivity index (χ2v) is 7.02. The molecule has 0 spiro atoms. The molecule has 3 rings (SSSR count). The van der Waals surface area contributed by atoms with Gasteiger partial charge in [-0.3, -0.25) is 9.48 Å². The number of benzene rings is 2. The molecule has 0 aliphatic carbocycles. The topological polar surface area (TPSA) is 111 Å². The average molecular weight is 426 g/mol. The van der Waals surface area contributed by atoms with Crippen molar-refractivity contribution in [2.24, 2.45) is 5.73 Å². The molecule has 0 unspecified atom stereocenters. The first-order valence-electron chi connectivity index (χ1n) is 9.89. The lowest BCUT2D eigenvalue weighted by Gasteiger charge is -2.02. The Morgan fingerprint density at radius 3 is 2.41 bits per heavy atom. The largest absolute Gasteiger partial charge is 0.454 e. The number of ether oxygens (including phenoxy) is 1. The van der Waals surface area contributed by atoms with Gasteiger partial charge in [-0.2, -0.15) is 10.4 Å². The first-order valence-corrected chi connectivity index (χ1v) is 9.89. The van der Waals surface area contributed by atoms with Crippen molar-refractivity contribution >= 4 is 17.8 Å². The van der Waals surface area contributed by atoms with E-state index in [1.54, 1.807) is 16.8 Å². The molecule has 0 radical (unpaired) electrons. The number of esters is 1. The maximum Gasteiger partial charge on any atom is 0.331 e. The zero-order chi connectivity index (χ0) is 22.9. The monoisotopic (exact) mass is 426 g/mol. The highest BCUT2D eigenvalue weighted by Crippen LogP contribution is 2.23. The first-order chi connectivity index (χ1) is 15.5. The molecule has 1 heterocycles. The summed E-state index contributed by atoms with van der Waals surface area (Å²) >= 11 is 0. The second-order valence-electron chi connectivity index (χ2n) is 7.02. The average Bonchev–Trinajstić information content (AvgIpc) is 3.20. The van der Waals surface area contributed by atoms with Gasteiger partial charge in [0.2, 0.25) is 5.78 Å². The lowest BCUT2D eigenvalue weighted by Crippen LogP contribution is -2.16. The molecule has 7 heteroatoms. The number of rotatable bonds is 8. The van der Waals surface area contributed by atoms with Crippen LogP contribution in [0.2, 0.25) is 0 Å². The summed E-state index contributed by atoms with van der Waals surface area (Å²) in [6.45, 7) is 1.46. The van der Waals surface area contributed by atoms with Crippen LogP contribution in [-0.2, 0) is 20.9 Å². The molecule has 1 aromatic heterocycles. The summed E-state index contributed by atoms with van der Waals surface area (Å²) in [4.78, 5) is 24.1. The number of hydrogen-bond acceptors (Lipinski definition) is 6. The Balaban J connectivity index is 1.77. The van der Waals surface area contributed by atoms with Gasteiger partial charge >= 0.3 is 5.97 Å². The van der Waals surface area contributed by atoms with Gasteiger partial charge in [-0.1, -0.05) is 60.7 Å². The van der Waals surface area contributed by atoms with E-state index in [4.69, 9.17) is 15.7 Å². The summed E-state index contributed by atoms with van der Waals surface area (Å²) < 4.78 is 6.77. The molecule has 3 aromatic rings. The summed E-state index contributed by atoms with van der Waals surface area (Å²) in [6.07, 6.45) is 4.67. The molecule has 2 aromatic carbocycles. The van der Waals surface area contributed by atoms with Gasteiger partial charge in [0.1, 0.15) is 11.6 Å². The van der Waals surface area contributed by atoms with Gasteiger partial charge in [-0.05, 0) is 18.6 Å². The highest BCUT2D eigenvalue weighted by Gasteiger charge is 2.14. The Morgan fingerprint density at radius 2 is 1.78 bits per heavy atom. The van der Waals surface area contributed by atoms with Crippen molar-refractivity contribution in [2.45, 2.75) is 13.5 Å². The van der Waals surface area contributed by atoms with Crippen LogP contribution >= 0.6 is 0 Å². The quantitative estimate of drug-likeness (QED) is 0.335. The number of ketones is 1. The molecule has 0 aliphatic rings. The van der Waals surface area contributed by atoms with E-state index in [0.717, 1.165) is 22.4 Å². The molecule has 0 saturated carbocycles. The van der Waals surface area contributed by atoms with Crippen LogP contribution in [0, 0.1) is 11.3 Å². The second kappa shape index (κ2) is 10.5. The number of hydrogen-bond donors (Lipinski definition) is 1. The van der Waals surface area contributed by atoms with Crippen LogP contribution in [-0.4, -0.2) is 28.1 Å². The third-order valence-corrected chi connectivity index (χ3v) is 4.55. The first kappa shape index (κ1) is 22.2. The van der Waals surface area contributed by atoms with Crippen molar-refractivity contribution < 1.29 is 14.3 Å². The van der Waals surface area contributed by atoms with Crippen LogP contribution in [0.1, 0.15) is 18.1 Å². The van der Waals surface area contributed by atoms with Crippen molar-refractivity contribution in [1.29, 1.82) is 5.26 Å². The minimum Gasteiger partial charge on any atom is -0.454 e. The Labute approximate surface area is 186 Å². The number of Topliss-reactive ketones (excluding diaryl/α,β-unsaturated/α-hetero) is 1. The van der Waals surface area contributed by atoms with Crippen LogP contribution in [0.5, 0.6) is 0 Å². The van der Waals surface area contributed by atoms with Crippen molar-refractivity contribution in [3.8, 4) is 17.3 Å². The van der Waals surface area contributed by atoms with Crippen LogP contribution in [0.15, 0.2) is 84.2 Å². The van der Waals surface area contributed by atoms with E-state index in [-0.39, 0.29) is 11.3 Å². The zero-order valence-electron chi connectivity index (χ0n) is 17.6. The third-order valence-electron chi connectivity index (χ3n) is 4.55. The van der Waals surface area contributed by atoms with E-state index in [0.29, 0.717) is 6.54 Å². The number of aromatic nitrogens is 2. The summed E-state index contributed by atoms with van der Waals surface area (Å²) in [5.74, 6) is -1.35. The lowest BCUT2D eigenvalue weighted by molar-refractivity contribution is -0.141. The molecule has 160 valence electrons. The predicted molar refractivity (Wildman–Crippen MR) is 121 cm³/mol. The standard InChI is InChI=1S/C25H22N4O3/c1-18(27)22(14-26)23(30)17-32-24(31)13-12-21-16-29(15-19-8-4-2-5-9-19)28-25(21)20-10-6-3-7-11-20/h2-13,16H,15,17,27H2,1H3/b13-12+,22-18+. The van der Waals surface area contributed by atoms with E-state index < -0.39 is 18.4 Å². The third kappa shape index (κ3) is 5.80. The smallest absolute Gasteiger partial charge is 0.331 e. The Hall–Kier alpha value is -4.44. The number of carbonyl (C=O) groups excluding carboxylic acids is 2. The van der Waals surface area contributed by atoms with E-state index >= 15 is 0 Å². The Morgan fingerprint density at radius 1 is 1.12 bits per heavy atom. The zero-order valence-corrected chi connectivity index (χ0v) is 17.6. The van der Waals surface area contributed by atoms with Crippen LogP contribution < -0.4 is 5.73 Å². The predicted octanol–water partition coefficient (Wildman–Crippen LogP) is 3.48. The molecular weight excluding hydrogens is 404 g/mol. The SMILES string of the molecule is C/C(N)=C(/C#N)C(=O)COC(=O)/C=C/c1cn(Cc2ccccc2)nc1-c1ccccc1. The van der Waals surface area contributed by atoms with Gasteiger partial charge in [-0.15, -0.1) is 0 Å². The Bertz CT molecular complexity index is 1200. The van der Waals surface area contributed by atoms with Gasteiger partial charge in [0, 0.05) is 29.1 Å². The fourth-order valence-corrected chi connectivity index (χ4v) is 3.02. The number of allylic oxidation sites excluding steroid dienone is 1. The highest BCUT2D eigenvalue weighted by atomic mass is 16.5. The maximum atomic E-state index is 12.1. The van der Waals surface area contributed by atoms with Crippen molar-refractivity contribution in [2.75, 3.05) is 6.61 Å². The number of nitriles is 1.